The third-order valence-corrected chi connectivity index (χ3v) is 8.76. The van der Waals surface area contributed by atoms with Crippen LogP contribution in [0.3, 0.4) is 0 Å². The number of benzene rings is 4. The number of amides is 2. The number of carbonyl (C=O) groups excluding carboxylic acids is 2. The summed E-state index contributed by atoms with van der Waals surface area (Å²) in [6.07, 6.45) is -2.49. The first-order valence-electron chi connectivity index (χ1n) is 15.4. The molecule has 1 aliphatic heterocycles. The highest BCUT2D eigenvalue weighted by molar-refractivity contribution is 6.30. The van der Waals surface area contributed by atoms with E-state index in [1.807, 2.05) is 42.5 Å². The third-order valence-electron chi connectivity index (χ3n) is 8.51. The molecule has 244 valence electrons. The molecule has 1 heterocycles. The highest BCUT2D eigenvalue weighted by atomic mass is 35.5. The zero-order chi connectivity index (χ0) is 33.7. The Bertz CT molecular complexity index is 1740. The van der Waals surface area contributed by atoms with E-state index in [4.69, 9.17) is 16.7 Å². The Hall–Kier alpha value is -4.63. The number of halogens is 4. The molecule has 2 atom stereocenters. The fraction of sp³-hybridized carbons (Fsp3) is 0.270. The lowest BCUT2D eigenvalue weighted by Gasteiger charge is -2.31. The molecule has 6 nitrogen and oxygen atoms in total. The van der Waals surface area contributed by atoms with Gasteiger partial charge in [0, 0.05) is 29.4 Å². The quantitative estimate of drug-likeness (QED) is 0.169. The van der Waals surface area contributed by atoms with Crippen molar-refractivity contribution in [3.8, 4) is 11.1 Å². The van der Waals surface area contributed by atoms with Crippen molar-refractivity contribution < 1.29 is 32.7 Å². The van der Waals surface area contributed by atoms with Gasteiger partial charge in [0.15, 0.2) is 0 Å². The van der Waals surface area contributed by atoms with Gasteiger partial charge in [-0.3, -0.25) is 14.4 Å². The summed E-state index contributed by atoms with van der Waals surface area (Å²) in [5.41, 5.74) is 4.53. The number of hydrogen-bond acceptors (Lipinski definition) is 3. The second-order valence-electron chi connectivity index (χ2n) is 11.6. The predicted octanol–water partition coefficient (Wildman–Crippen LogP) is 8.49. The van der Waals surface area contributed by atoms with E-state index in [-0.39, 0.29) is 30.7 Å². The number of carbonyl (C=O) groups is 3. The van der Waals surface area contributed by atoms with E-state index < -0.39 is 23.6 Å². The fourth-order valence-corrected chi connectivity index (χ4v) is 6.28. The average Bonchev–Trinajstić information content (AvgIpc) is 3.48. The summed E-state index contributed by atoms with van der Waals surface area (Å²) in [7, 11) is 0. The van der Waals surface area contributed by atoms with E-state index in [9.17, 15) is 27.6 Å². The van der Waals surface area contributed by atoms with Crippen LogP contribution in [0, 0.1) is 0 Å². The van der Waals surface area contributed by atoms with E-state index in [1.165, 1.54) is 12.1 Å². The number of carboxylic acids is 1. The smallest absolute Gasteiger partial charge is 0.416 e. The molecule has 2 unspecified atom stereocenters. The van der Waals surface area contributed by atoms with Crippen LogP contribution in [0.25, 0.3) is 11.1 Å². The minimum Gasteiger partial charge on any atom is -0.481 e. The molecule has 0 radical (unpaired) electrons. The van der Waals surface area contributed by atoms with E-state index in [1.54, 1.807) is 29.2 Å². The summed E-state index contributed by atoms with van der Waals surface area (Å²) in [4.78, 5) is 39.8. The molecule has 2 amide bonds. The van der Waals surface area contributed by atoms with E-state index in [2.05, 4.69) is 12.2 Å². The number of anilines is 1. The lowest BCUT2D eigenvalue weighted by Crippen LogP contribution is -2.36. The molecule has 0 saturated heterocycles. The summed E-state index contributed by atoms with van der Waals surface area (Å²) in [6, 6.07) is 25.0. The Balaban J connectivity index is 1.44. The standard InChI is InChI=1S/C37H34ClF3N2O4/c1-2-3-31(24-4-6-26(7-5-24)35(46)42-20-18-33(44)45)34(25-10-15-30(38)16-11-25)36(47)43-21-19-28-22-27(12-17-32(28)43)23-8-13-29(14-9-23)37(39,40)41/h4-17,22,31,34H,2-3,18-21H2,1H3,(H,42,46)(H,44,45). The molecule has 4 aromatic rings. The summed E-state index contributed by atoms with van der Waals surface area (Å²) in [5.74, 6) is -2.25. The van der Waals surface area contributed by atoms with Crippen molar-refractivity contribution in [3.63, 3.8) is 0 Å². The van der Waals surface area contributed by atoms with Gasteiger partial charge in [-0.2, -0.15) is 13.2 Å². The van der Waals surface area contributed by atoms with Crippen LogP contribution in [0.4, 0.5) is 18.9 Å². The number of fused-ring (bicyclic) bond motifs is 1. The predicted molar refractivity (Wildman–Crippen MR) is 176 cm³/mol. The molecule has 0 aromatic heterocycles. The third kappa shape index (κ3) is 7.85. The number of rotatable bonds is 11. The van der Waals surface area contributed by atoms with Crippen LogP contribution in [0.2, 0.25) is 5.02 Å². The number of nitrogens with one attached hydrogen (secondary N) is 1. The van der Waals surface area contributed by atoms with Gasteiger partial charge < -0.3 is 15.3 Å². The van der Waals surface area contributed by atoms with Crippen LogP contribution in [-0.2, 0) is 22.2 Å². The fourth-order valence-electron chi connectivity index (χ4n) is 6.15. The molecule has 2 N–H and O–H groups in total. The maximum absolute atomic E-state index is 14.6. The molecule has 5 rings (SSSR count). The number of carboxylic acid groups (broad SMARTS) is 1. The Kier molecular flexibility index (Phi) is 10.3. The minimum atomic E-state index is -4.41. The molecule has 0 fully saturated rings. The molecular weight excluding hydrogens is 629 g/mol. The van der Waals surface area contributed by atoms with Crippen LogP contribution < -0.4 is 10.2 Å². The van der Waals surface area contributed by atoms with Gasteiger partial charge in [0.1, 0.15) is 0 Å². The van der Waals surface area contributed by atoms with Gasteiger partial charge >= 0.3 is 12.1 Å². The molecule has 1 aliphatic rings. The summed E-state index contributed by atoms with van der Waals surface area (Å²) in [5, 5.41) is 12.0. The molecule has 10 heteroatoms. The topological polar surface area (TPSA) is 86.7 Å². The first kappa shape index (κ1) is 33.7. The van der Waals surface area contributed by atoms with Crippen molar-refractivity contribution in [2.75, 3.05) is 18.0 Å². The normalized spacial score (nSPS) is 13.9. The SMILES string of the molecule is CCCC(c1ccc(C(=O)NCCC(=O)O)cc1)C(C(=O)N1CCc2cc(-c3ccc(C(F)(F)F)cc3)ccc21)c1ccc(Cl)cc1. The largest absolute Gasteiger partial charge is 0.481 e. The van der Waals surface area contributed by atoms with Crippen LogP contribution in [0.15, 0.2) is 91.0 Å². The van der Waals surface area contributed by atoms with Crippen LogP contribution in [0.5, 0.6) is 0 Å². The van der Waals surface area contributed by atoms with E-state index >= 15 is 0 Å². The van der Waals surface area contributed by atoms with Crippen LogP contribution in [-0.4, -0.2) is 36.0 Å². The Morgan fingerprint density at radius 2 is 1.53 bits per heavy atom. The number of nitrogens with zero attached hydrogens (tertiary/aromatic N) is 1. The number of alkyl halides is 3. The van der Waals surface area contributed by atoms with Gasteiger partial charge in [-0.15, -0.1) is 0 Å². The van der Waals surface area contributed by atoms with Crippen molar-refractivity contribution in [1.82, 2.24) is 5.32 Å². The molecule has 0 bridgehead atoms. The van der Waals surface area contributed by atoms with Crippen molar-refractivity contribution in [2.45, 2.75) is 50.6 Å². The molecular formula is C37H34ClF3N2O4. The van der Waals surface area contributed by atoms with Crippen molar-refractivity contribution in [3.05, 3.63) is 124 Å². The molecule has 0 saturated carbocycles. The Labute approximate surface area is 276 Å². The Morgan fingerprint density at radius 3 is 2.15 bits per heavy atom. The molecule has 4 aromatic carbocycles. The second kappa shape index (κ2) is 14.4. The van der Waals surface area contributed by atoms with Gasteiger partial charge in [-0.25, -0.2) is 0 Å². The summed E-state index contributed by atoms with van der Waals surface area (Å²) in [6.45, 7) is 2.53. The van der Waals surface area contributed by atoms with Gasteiger partial charge in [-0.1, -0.05) is 67.4 Å². The minimum absolute atomic E-state index is 0.0185. The van der Waals surface area contributed by atoms with Gasteiger partial charge in [0.25, 0.3) is 5.91 Å². The van der Waals surface area contributed by atoms with Crippen molar-refractivity contribution >= 4 is 35.1 Å². The number of hydrogen-bond donors (Lipinski definition) is 2. The summed E-state index contributed by atoms with van der Waals surface area (Å²) >= 11 is 6.22. The van der Waals surface area contributed by atoms with E-state index in [0.717, 1.165) is 46.5 Å². The van der Waals surface area contributed by atoms with Gasteiger partial charge in [0.2, 0.25) is 5.91 Å². The Morgan fingerprint density at radius 1 is 0.894 bits per heavy atom. The second-order valence-corrected chi connectivity index (χ2v) is 12.0. The van der Waals surface area contributed by atoms with Gasteiger partial charge in [0.05, 0.1) is 17.9 Å². The zero-order valence-corrected chi connectivity index (χ0v) is 26.4. The average molecular weight is 663 g/mol. The first-order chi connectivity index (χ1) is 22.5. The van der Waals surface area contributed by atoms with Crippen LogP contribution in [0.1, 0.15) is 70.6 Å². The highest BCUT2D eigenvalue weighted by Crippen LogP contribution is 2.42. The number of aliphatic carboxylic acids is 1. The maximum atomic E-state index is 14.6. The molecule has 0 aliphatic carbocycles. The van der Waals surface area contributed by atoms with Gasteiger partial charge in [-0.05, 0) is 95.1 Å². The maximum Gasteiger partial charge on any atom is 0.416 e. The lowest BCUT2D eigenvalue weighted by molar-refractivity contribution is -0.138. The van der Waals surface area contributed by atoms with Crippen molar-refractivity contribution in [1.29, 1.82) is 0 Å². The van der Waals surface area contributed by atoms with Crippen LogP contribution >= 0.6 is 11.6 Å². The van der Waals surface area contributed by atoms with E-state index in [0.29, 0.717) is 35.5 Å². The molecule has 0 spiro atoms. The zero-order valence-electron chi connectivity index (χ0n) is 25.7. The monoisotopic (exact) mass is 662 g/mol. The highest BCUT2D eigenvalue weighted by Gasteiger charge is 2.37. The molecule has 47 heavy (non-hydrogen) atoms. The summed E-state index contributed by atoms with van der Waals surface area (Å²) < 4.78 is 39.2. The van der Waals surface area contributed by atoms with Crippen molar-refractivity contribution in [2.24, 2.45) is 0 Å². The lowest BCUT2D eigenvalue weighted by atomic mass is 9.77. The first-order valence-corrected chi connectivity index (χ1v) is 15.8.